The highest BCUT2D eigenvalue weighted by Crippen LogP contribution is 2.41. The first-order chi connectivity index (χ1) is 17.0. The fourth-order valence-electron chi connectivity index (χ4n) is 3.64. The highest BCUT2D eigenvalue weighted by atomic mass is 16.5. The molecule has 0 amide bonds. The molecule has 0 radical (unpaired) electrons. The normalized spacial score (nSPS) is 11.3. The molecule has 1 rings (SSSR count). The first-order valence-electron chi connectivity index (χ1n) is 14.0. The molecule has 200 valence electrons. The van der Waals surface area contributed by atoms with Crippen LogP contribution >= 0.6 is 0 Å². The summed E-state index contributed by atoms with van der Waals surface area (Å²) in [4.78, 5) is 12.1. The Morgan fingerprint density at radius 1 is 0.714 bits per heavy atom. The van der Waals surface area contributed by atoms with Gasteiger partial charge in [0, 0.05) is 11.6 Å². The van der Waals surface area contributed by atoms with E-state index in [9.17, 15) is 4.79 Å². The maximum atomic E-state index is 12.1. The van der Waals surface area contributed by atoms with Gasteiger partial charge in [-0.1, -0.05) is 78.6 Å². The Labute approximate surface area is 214 Å². The Morgan fingerprint density at radius 3 is 1.74 bits per heavy atom. The molecule has 0 aliphatic heterocycles. The summed E-state index contributed by atoms with van der Waals surface area (Å²) < 4.78 is 24.0. The fraction of sp³-hybridized carbons (Fsp3) is 0.700. The van der Waals surface area contributed by atoms with Crippen LogP contribution in [-0.4, -0.2) is 31.9 Å². The van der Waals surface area contributed by atoms with E-state index in [1.807, 2.05) is 26.0 Å². The van der Waals surface area contributed by atoms with Crippen molar-refractivity contribution in [1.29, 1.82) is 0 Å². The highest BCUT2D eigenvalue weighted by molar-refractivity contribution is 5.88. The average Bonchev–Trinajstić information content (AvgIpc) is 2.83. The van der Waals surface area contributed by atoms with E-state index < -0.39 is 0 Å². The van der Waals surface area contributed by atoms with Crippen molar-refractivity contribution >= 4 is 12.0 Å². The zero-order chi connectivity index (χ0) is 25.7. The number of rotatable bonds is 21. The lowest BCUT2D eigenvalue weighted by molar-refractivity contribution is -0.141. The van der Waals surface area contributed by atoms with Gasteiger partial charge in [-0.05, 0) is 51.3 Å². The van der Waals surface area contributed by atoms with Gasteiger partial charge in [0.15, 0.2) is 11.5 Å². The molecule has 0 spiro atoms. The second-order valence-corrected chi connectivity index (χ2v) is 9.36. The minimum Gasteiger partial charge on any atom is -0.490 e. The van der Waals surface area contributed by atoms with Gasteiger partial charge < -0.3 is 18.9 Å². The molecular weight excluding hydrogens is 440 g/mol. The van der Waals surface area contributed by atoms with Gasteiger partial charge in [-0.2, -0.15) is 0 Å². The van der Waals surface area contributed by atoms with Crippen LogP contribution in [-0.2, 0) is 9.53 Å². The summed E-state index contributed by atoms with van der Waals surface area (Å²) in [7, 11) is 0. The van der Waals surface area contributed by atoms with E-state index in [4.69, 9.17) is 18.9 Å². The fourth-order valence-corrected chi connectivity index (χ4v) is 3.64. The average molecular weight is 491 g/mol. The number of benzene rings is 1. The summed E-state index contributed by atoms with van der Waals surface area (Å²) in [6, 6.07) is 3.87. The van der Waals surface area contributed by atoms with E-state index in [0.717, 1.165) is 44.1 Å². The topological polar surface area (TPSA) is 54.0 Å². The summed E-state index contributed by atoms with van der Waals surface area (Å²) in [5, 5.41) is 0. The highest BCUT2D eigenvalue weighted by Gasteiger charge is 2.17. The van der Waals surface area contributed by atoms with Crippen LogP contribution in [0, 0.1) is 0 Å². The zero-order valence-electron chi connectivity index (χ0n) is 23.0. The van der Waals surface area contributed by atoms with Crippen LogP contribution in [0.5, 0.6) is 17.2 Å². The van der Waals surface area contributed by atoms with Gasteiger partial charge >= 0.3 is 5.97 Å². The molecule has 0 aliphatic rings. The van der Waals surface area contributed by atoms with Crippen LogP contribution in [0.4, 0.5) is 0 Å². The summed E-state index contributed by atoms with van der Waals surface area (Å²) in [6.07, 6.45) is 16.6. The summed E-state index contributed by atoms with van der Waals surface area (Å²) in [5.74, 6) is 1.64. The number of hydrogen-bond donors (Lipinski definition) is 0. The Kier molecular flexibility index (Phi) is 17.7. The van der Waals surface area contributed by atoms with Crippen molar-refractivity contribution in [1.82, 2.24) is 0 Å². The van der Waals surface area contributed by atoms with Crippen molar-refractivity contribution in [3.8, 4) is 17.2 Å². The molecule has 0 atom stereocenters. The van der Waals surface area contributed by atoms with E-state index in [-0.39, 0.29) is 12.1 Å². The first-order valence-corrected chi connectivity index (χ1v) is 14.0. The minimum absolute atomic E-state index is 0.160. The summed E-state index contributed by atoms with van der Waals surface area (Å²) in [6.45, 7) is 12.2. The third kappa shape index (κ3) is 14.1. The van der Waals surface area contributed by atoms with E-state index in [2.05, 4.69) is 20.8 Å². The summed E-state index contributed by atoms with van der Waals surface area (Å²) >= 11 is 0. The molecule has 0 N–H and O–H groups in total. The predicted molar refractivity (Wildman–Crippen MR) is 146 cm³/mol. The second kappa shape index (κ2) is 20.1. The van der Waals surface area contributed by atoms with Gasteiger partial charge in [0.2, 0.25) is 5.75 Å². The van der Waals surface area contributed by atoms with Crippen molar-refractivity contribution in [2.75, 3.05) is 19.8 Å². The summed E-state index contributed by atoms with van der Waals surface area (Å²) in [5.41, 5.74) is 0.795. The van der Waals surface area contributed by atoms with Crippen LogP contribution in [0.3, 0.4) is 0 Å². The number of hydrogen-bond acceptors (Lipinski definition) is 5. The van der Waals surface area contributed by atoms with Gasteiger partial charge in [-0.3, -0.25) is 0 Å². The van der Waals surface area contributed by atoms with E-state index in [1.54, 1.807) is 6.08 Å². The maximum absolute atomic E-state index is 12.1. The van der Waals surface area contributed by atoms with Gasteiger partial charge in [0.05, 0.1) is 25.9 Å². The molecule has 0 saturated carbocycles. The van der Waals surface area contributed by atoms with Crippen LogP contribution in [0.15, 0.2) is 18.2 Å². The van der Waals surface area contributed by atoms with Gasteiger partial charge in [-0.15, -0.1) is 0 Å². The van der Waals surface area contributed by atoms with Crippen molar-refractivity contribution in [2.24, 2.45) is 0 Å². The molecule has 0 bridgehead atoms. The second-order valence-electron chi connectivity index (χ2n) is 9.36. The van der Waals surface area contributed by atoms with Gasteiger partial charge in [0.1, 0.15) is 0 Å². The van der Waals surface area contributed by atoms with Crippen LogP contribution in [0.1, 0.15) is 117 Å². The number of esters is 1. The van der Waals surface area contributed by atoms with E-state index >= 15 is 0 Å². The maximum Gasteiger partial charge on any atom is 0.331 e. The monoisotopic (exact) mass is 490 g/mol. The molecule has 0 unspecified atom stereocenters. The van der Waals surface area contributed by atoms with Crippen LogP contribution in [0.2, 0.25) is 0 Å². The number of carbonyl (C=O) groups excluding carboxylic acids is 1. The van der Waals surface area contributed by atoms with Crippen molar-refractivity contribution in [3.05, 3.63) is 23.8 Å². The quantitative estimate of drug-likeness (QED) is 0.0981. The molecule has 0 saturated heterocycles. The molecule has 0 fully saturated rings. The lowest BCUT2D eigenvalue weighted by Crippen LogP contribution is -2.09. The SMILES string of the molecule is CCCCCCOc1ccc(C=CC(=O)OC(C)C)c(OCCCCCC)c1OCCCCCC. The molecule has 0 heterocycles. The smallest absolute Gasteiger partial charge is 0.331 e. The third-order valence-electron chi connectivity index (χ3n) is 5.60. The molecule has 0 aliphatic carbocycles. The minimum atomic E-state index is -0.368. The largest absolute Gasteiger partial charge is 0.490 e. The van der Waals surface area contributed by atoms with Crippen molar-refractivity contribution < 1.29 is 23.7 Å². The standard InChI is InChI=1S/C30H50O5/c1-6-9-12-15-22-32-27-20-18-26(19-21-28(31)35-25(4)5)29(33-23-16-13-10-7-2)30(27)34-24-17-14-11-8-3/h18-21,25H,6-17,22-24H2,1-5H3. The lowest BCUT2D eigenvalue weighted by Gasteiger charge is -2.19. The predicted octanol–water partition coefficient (Wildman–Crippen LogP) is 8.53. The zero-order valence-corrected chi connectivity index (χ0v) is 23.0. The molecule has 0 aromatic heterocycles. The van der Waals surface area contributed by atoms with Gasteiger partial charge in [-0.25, -0.2) is 4.79 Å². The first kappa shape index (κ1) is 30.9. The third-order valence-corrected chi connectivity index (χ3v) is 5.60. The van der Waals surface area contributed by atoms with E-state index in [1.165, 1.54) is 44.6 Å². The number of unbranched alkanes of at least 4 members (excludes halogenated alkanes) is 9. The van der Waals surface area contributed by atoms with E-state index in [0.29, 0.717) is 37.1 Å². The molecule has 5 heteroatoms. The van der Waals surface area contributed by atoms with Gasteiger partial charge in [0.25, 0.3) is 0 Å². The Bertz CT molecular complexity index is 711. The van der Waals surface area contributed by atoms with Crippen LogP contribution < -0.4 is 14.2 Å². The Balaban J connectivity index is 3.13. The number of ether oxygens (including phenoxy) is 4. The Hall–Kier alpha value is -2.17. The molecule has 1 aromatic rings. The molecule has 5 nitrogen and oxygen atoms in total. The van der Waals surface area contributed by atoms with Crippen molar-refractivity contribution in [2.45, 2.75) is 118 Å². The van der Waals surface area contributed by atoms with Crippen LogP contribution in [0.25, 0.3) is 6.08 Å². The lowest BCUT2D eigenvalue weighted by atomic mass is 10.1. The number of carbonyl (C=O) groups is 1. The molecular formula is C30H50O5. The van der Waals surface area contributed by atoms with Crippen molar-refractivity contribution in [3.63, 3.8) is 0 Å². The molecule has 35 heavy (non-hydrogen) atoms. The Morgan fingerprint density at radius 2 is 1.23 bits per heavy atom. The molecule has 1 aromatic carbocycles.